The van der Waals surface area contributed by atoms with E-state index in [1.54, 1.807) is 0 Å². The topological polar surface area (TPSA) is 43.4 Å². The fourth-order valence-corrected chi connectivity index (χ4v) is 1.90. The van der Waals surface area contributed by atoms with Crippen LogP contribution in [-0.4, -0.2) is 17.4 Å². The first-order valence-corrected chi connectivity index (χ1v) is 3.98. The van der Waals surface area contributed by atoms with E-state index in [1.165, 1.54) is 0 Å². The number of ketones is 1. The Kier molecular flexibility index (Phi) is 1.28. The van der Waals surface area contributed by atoms with Gasteiger partial charge in [-0.05, 0) is 12.8 Å². The number of hydrogen-bond donors (Lipinski definition) is 0. The molecule has 0 bridgehead atoms. The van der Waals surface area contributed by atoms with Crippen molar-refractivity contribution < 1.29 is 14.3 Å². The third-order valence-corrected chi connectivity index (χ3v) is 2.53. The summed E-state index contributed by atoms with van der Waals surface area (Å²) in [6, 6.07) is 0. The molecule has 1 aliphatic carbocycles. The van der Waals surface area contributed by atoms with Gasteiger partial charge in [-0.1, -0.05) is 0 Å². The van der Waals surface area contributed by atoms with Gasteiger partial charge in [0.25, 0.3) is 0 Å². The van der Waals surface area contributed by atoms with Crippen molar-refractivity contribution in [3.05, 3.63) is 0 Å². The molecule has 11 heavy (non-hydrogen) atoms. The average Bonchev–Trinajstić information content (AvgIpc) is 2.46. The molecule has 0 N–H and O–H groups in total. The highest BCUT2D eigenvalue weighted by Crippen LogP contribution is 2.38. The van der Waals surface area contributed by atoms with Crippen molar-refractivity contribution in [2.45, 2.75) is 37.7 Å². The molecule has 2 rings (SSSR count). The van der Waals surface area contributed by atoms with Crippen molar-refractivity contribution in [2.24, 2.45) is 0 Å². The van der Waals surface area contributed by atoms with E-state index in [2.05, 4.69) is 0 Å². The molecule has 0 aromatic rings. The van der Waals surface area contributed by atoms with Crippen LogP contribution in [-0.2, 0) is 14.3 Å². The normalized spacial score (nSPS) is 36.7. The minimum atomic E-state index is -0.670. The van der Waals surface area contributed by atoms with Crippen molar-refractivity contribution >= 4 is 11.8 Å². The van der Waals surface area contributed by atoms with Gasteiger partial charge < -0.3 is 4.74 Å². The summed E-state index contributed by atoms with van der Waals surface area (Å²) >= 11 is 0. The van der Waals surface area contributed by atoms with Crippen LogP contribution in [0.15, 0.2) is 0 Å². The number of rotatable bonds is 0. The molecule has 1 heterocycles. The van der Waals surface area contributed by atoms with E-state index in [0.717, 1.165) is 12.8 Å². The van der Waals surface area contributed by atoms with E-state index in [-0.39, 0.29) is 11.8 Å². The number of carbonyl (C=O) groups is 2. The lowest BCUT2D eigenvalue weighted by Gasteiger charge is -2.18. The molecular weight excluding hydrogens is 144 g/mol. The Bertz CT molecular complexity index is 221. The van der Waals surface area contributed by atoms with E-state index < -0.39 is 5.60 Å². The summed E-state index contributed by atoms with van der Waals surface area (Å²) in [6.07, 6.45) is 3.26. The molecule has 0 aromatic carbocycles. The molecule has 3 nitrogen and oxygen atoms in total. The second-order valence-electron chi connectivity index (χ2n) is 3.25. The van der Waals surface area contributed by atoms with Gasteiger partial charge in [0.15, 0.2) is 11.4 Å². The van der Waals surface area contributed by atoms with E-state index in [9.17, 15) is 9.59 Å². The molecule has 1 saturated carbocycles. The number of carbonyl (C=O) groups excluding carboxylic acids is 2. The molecule has 1 saturated heterocycles. The van der Waals surface area contributed by atoms with Crippen molar-refractivity contribution in [1.82, 2.24) is 0 Å². The number of Topliss-reactive ketones (excluding diaryl/α,β-unsaturated/α-hetero) is 1. The second kappa shape index (κ2) is 2.06. The van der Waals surface area contributed by atoms with Crippen molar-refractivity contribution in [2.75, 3.05) is 0 Å². The number of esters is 1. The molecule has 0 unspecified atom stereocenters. The average molecular weight is 154 g/mol. The smallest absolute Gasteiger partial charge is 0.306 e. The predicted octanol–water partition coefficient (Wildman–Crippen LogP) is 0.815. The lowest BCUT2D eigenvalue weighted by Crippen LogP contribution is -2.32. The van der Waals surface area contributed by atoms with Gasteiger partial charge in [-0.25, -0.2) is 0 Å². The Hall–Kier alpha value is -0.860. The number of ether oxygens (including phenoxy) is 1. The van der Waals surface area contributed by atoms with E-state index in [0.29, 0.717) is 19.3 Å². The lowest BCUT2D eigenvalue weighted by atomic mass is 9.98. The molecule has 0 aromatic heterocycles. The van der Waals surface area contributed by atoms with Crippen LogP contribution >= 0.6 is 0 Å². The Morgan fingerprint density at radius 1 is 1.18 bits per heavy atom. The summed E-state index contributed by atoms with van der Waals surface area (Å²) in [5.74, 6) is -0.0800. The van der Waals surface area contributed by atoms with Gasteiger partial charge in [0, 0.05) is 19.3 Å². The molecule has 3 heteroatoms. The van der Waals surface area contributed by atoms with Crippen LogP contribution in [0.25, 0.3) is 0 Å². The zero-order valence-corrected chi connectivity index (χ0v) is 6.26. The van der Waals surface area contributed by atoms with Crippen molar-refractivity contribution in [1.29, 1.82) is 0 Å². The van der Waals surface area contributed by atoms with Gasteiger partial charge in [-0.15, -0.1) is 0 Å². The lowest BCUT2D eigenvalue weighted by molar-refractivity contribution is -0.155. The van der Waals surface area contributed by atoms with Crippen molar-refractivity contribution in [3.63, 3.8) is 0 Å². The van der Waals surface area contributed by atoms with Gasteiger partial charge in [0.2, 0.25) is 0 Å². The van der Waals surface area contributed by atoms with Gasteiger partial charge in [0.1, 0.15) is 0 Å². The van der Waals surface area contributed by atoms with Crippen LogP contribution in [0.5, 0.6) is 0 Å². The van der Waals surface area contributed by atoms with Gasteiger partial charge in [-0.3, -0.25) is 9.59 Å². The number of hydrogen-bond acceptors (Lipinski definition) is 3. The summed E-state index contributed by atoms with van der Waals surface area (Å²) in [7, 11) is 0. The standard InChI is InChI=1S/C8H10O3/c9-6-2-1-4-8(6)5-3-7(10)11-8/h1-5H2/t8-/m0/s1. The third kappa shape index (κ3) is 0.870. The highest BCUT2D eigenvalue weighted by Gasteiger charge is 2.49. The highest BCUT2D eigenvalue weighted by atomic mass is 16.6. The summed E-state index contributed by atoms with van der Waals surface area (Å²) in [5.41, 5.74) is -0.670. The zero-order chi connectivity index (χ0) is 7.90. The Labute approximate surface area is 64.7 Å². The molecule has 0 radical (unpaired) electrons. The Morgan fingerprint density at radius 3 is 2.45 bits per heavy atom. The Balaban J connectivity index is 2.22. The van der Waals surface area contributed by atoms with E-state index in [1.807, 2.05) is 0 Å². The summed E-state index contributed by atoms with van der Waals surface area (Å²) in [4.78, 5) is 22.0. The second-order valence-corrected chi connectivity index (χ2v) is 3.25. The van der Waals surface area contributed by atoms with Crippen LogP contribution in [0, 0.1) is 0 Å². The van der Waals surface area contributed by atoms with E-state index in [4.69, 9.17) is 4.74 Å². The molecular formula is C8H10O3. The fourth-order valence-electron chi connectivity index (χ4n) is 1.90. The SMILES string of the molecule is O=C1CC[C@]2(CCCC2=O)O1. The van der Waals surface area contributed by atoms with Crippen LogP contribution in [0.3, 0.4) is 0 Å². The van der Waals surface area contributed by atoms with Gasteiger partial charge in [0.05, 0.1) is 0 Å². The van der Waals surface area contributed by atoms with Crippen LogP contribution < -0.4 is 0 Å². The van der Waals surface area contributed by atoms with Crippen molar-refractivity contribution in [3.8, 4) is 0 Å². The summed E-state index contributed by atoms with van der Waals surface area (Å²) < 4.78 is 5.03. The first kappa shape index (κ1) is 6.83. The first-order valence-electron chi connectivity index (χ1n) is 3.98. The van der Waals surface area contributed by atoms with Gasteiger partial charge >= 0.3 is 5.97 Å². The summed E-state index contributed by atoms with van der Waals surface area (Å²) in [6.45, 7) is 0. The molecule has 1 atom stereocenters. The molecule has 60 valence electrons. The molecule has 1 spiro atoms. The Morgan fingerprint density at radius 2 is 2.00 bits per heavy atom. The fraction of sp³-hybridized carbons (Fsp3) is 0.750. The molecule has 0 amide bonds. The largest absolute Gasteiger partial charge is 0.451 e. The summed E-state index contributed by atoms with van der Waals surface area (Å²) in [5, 5.41) is 0. The maximum Gasteiger partial charge on any atom is 0.306 e. The first-order chi connectivity index (χ1) is 5.23. The van der Waals surface area contributed by atoms with E-state index >= 15 is 0 Å². The van der Waals surface area contributed by atoms with Crippen LogP contribution in [0.1, 0.15) is 32.1 Å². The van der Waals surface area contributed by atoms with Crippen LogP contribution in [0.4, 0.5) is 0 Å². The molecule has 1 aliphatic heterocycles. The minimum Gasteiger partial charge on any atom is -0.451 e. The quantitative estimate of drug-likeness (QED) is 0.485. The van der Waals surface area contributed by atoms with Crippen LogP contribution in [0.2, 0.25) is 0 Å². The third-order valence-electron chi connectivity index (χ3n) is 2.53. The maximum atomic E-state index is 11.3. The molecule has 2 aliphatic rings. The molecule has 2 fully saturated rings. The monoisotopic (exact) mass is 154 g/mol. The highest BCUT2D eigenvalue weighted by molar-refractivity contribution is 5.93. The maximum absolute atomic E-state index is 11.3. The minimum absolute atomic E-state index is 0.128. The zero-order valence-electron chi connectivity index (χ0n) is 6.26. The van der Waals surface area contributed by atoms with Gasteiger partial charge in [-0.2, -0.15) is 0 Å². The predicted molar refractivity (Wildman–Crippen MR) is 36.9 cm³/mol.